The number of carbonyl (C=O) groups excluding carboxylic acids is 2. The molecule has 5 aromatic rings. The third kappa shape index (κ3) is 7.69. The molecule has 11 heteroatoms. The van der Waals surface area contributed by atoms with E-state index in [0.717, 1.165) is 17.1 Å². The number of hydrogen-bond acceptors (Lipinski definition) is 6. The molecule has 0 atom stereocenters. The van der Waals surface area contributed by atoms with Crippen molar-refractivity contribution < 1.29 is 23.5 Å². The number of benzene rings is 3. The molecule has 0 unspecified atom stereocenters. The molecule has 0 saturated carbocycles. The Morgan fingerprint density at radius 3 is 2.25 bits per heavy atom. The summed E-state index contributed by atoms with van der Waals surface area (Å²) in [7, 11) is 0. The first-order valence-electron chi connectivity index (χ1n) is 13.5. The lowest BCUT2D eigenvalue weighted by atomic mass is 10.2. The van der Waals surface area contributed by atoms with Gasteiger partial charge in [0.25, 0.3) is 5.91 Å². The topological polar surface area (TPSA) is 107 Å². The van der Waals surface area contributed by atoms with Gasteiger partial charge in [-0.3, -0.25) is 9.59 Å². The van der Waals surface area contributed by atoms with E-state index in [2.05, 4.69) is 46.4 Å². The van der Waals surface area contributed by atoms with Crippen molar-refractivity contribution in [1.29, 1.82) is 0 Å². The zero-order valence-electron chi connectivity index (χ0n) is 23.8. The lowest BCUT2D eigenvalue weighted by Gasteiger charge is -2.11. The minimum atomic E-state index is -0.545. The normalized spacial score (nSPS) is 11.0. The number of ether oxygens (including phenoxy) is 2. The molecule has 0 aliphatic heterocycles. The predicted molar refractivity (Wildman–Crippen MR) is 170 cm³/mol. The Bertz CT molecular complexity index is 1750. The molecule has 0 aliphatic rings. The average molecular weight is 632 g/mol. The van der Waals surface area contributed by atoms with E-state index < -0.39 is 5.91 Å². The molecule has 2 heterocycles. The first-order chi connectivity index (χ1) is 21.3. The first-order valence-corrected chi connectivity index (χ1v) is 14.3. The maximum atomic E-state index is 12.5. The molecular weight excluding hydrogens is 603 g/mol. The Hall–Kier alpha value is -4.99. The molecule has 9 nitrogen and oxygen atoms in total. The number of halogens is 2. The van der Waals surface area contributed by atoms with Crippen molar-refractivity contribution in [3.05, 3.63) is 130 Å². The summed E-state index contributed by atoms with van der Waals surface area (Å²) in [5.41, 5.74) is 6.90. The van der Waals surface area contributed by atoms with Gasteiger partial charge in [-0.25, -0.2) is 5.43 Å². The van der Waals surface area contributed by atoms with Crippen molar-refractivity contribution in [1.82, 2.24) is 9.99 Å². The van der Waals surface area contributed by atoms with Crippen LogP contribution in [0.4, 0.5) is 5.69 Å². The lowest BCUT2D eigenvalue weighted by molar-refractivity contribution is -0.118. The van der Waals surface area contributed by atoms with Crippen LogP contribution < -0.4 is 20.2 Å². The van der Waals surface area contributed by atoms with Gasteiger partial charge in [-0.05, 0) is 92.2 Å². The number of nitrogens with zero attached hydrogens (tertiary/aromatic N) is 2. The lowest BCUT2D eigenvalue weighted by Crippen LogP contribution is -2.20. The number of amides is 2. The van der Waals surface area contributed by atoms with Gasteiger partial charge in [0, 0.05) is 22.8 Å². The molecule has 0 radical (unpaired) electrons. The highest BCUT2D eigenvalue weighted by atomic mass is 35.5. The van der Waals surface area contributed by atoms with Crippen LogP contribution in [-0.2, 0) is 11.4 Å². The fourth-order valence-corrected chi connectivity index (χ4v) is 4.98. The van der Waals surface area contributed by atoms with Crippen LogP contribution in [0.3, 0.4) is 0 Å². The van der Waals surface area contributed by atoms with Crippen LogP contribution >= 0.6 is 23.2 Å². The smallest absolute Gasteiger partial charge is 0.307 e. The first kappa shape index (κ1) is 30.5. The van der Waals surface area contributed by atoms with Gasteiger partial charge in [0.1, 0.15) is 18.1 Å². The van der Waals surface area contributed by atoms with Gasteiger partial charge in [-0.2, -0.15) is 5.10 Å². The summed E-state index contributed by atoms with van der Waals surface area (Å²) in [4.78, 5) is 24.7. The molecule has 0 bridgehead atoms. The highest BCUT2D eigenvalue weighted by Crippen LogP contribution is 2.34. The fraction of sp³-hybridized carbons (Fsp3) is 0.121. The summed E-state index contributed by atoms with van der Waals surface area (Å²) in [5.74, 6) is 0.473. The van der Waals surface area contributed by atoms with Gasteiger partial charge < -0.3 is 23.8 Å². The van der Waals surface area contributed by atoms with Gasteiger partial charge in [0.2, 0.25) is 0 Å². The molecule has 2 N–H and O–H groups in total. The average Bonchev–Trinajstić information content (AvgIpc) is 3.62. The highest BCUT2D eigenvalue weighted by molar-refractivity contribution is 6.37. The number of hydrazone groups is 1. The standard InChI is InChI=1S/C33H28Cl2N4O5/c1-21-8-9-22(2)39(21)25-10-12-26(13-11-25)42-19-27-14-15-30(44-27)33(41)38-36-18-23-16-28(34)32(29(35)17-23)43-20-31(40)37-24-6-4-3-5-7-24/h3-18H,19-20H2,1-2H3,(H,37,40)(H,38,41)/b36-18+. The highest BCUT2D eigenvalue weighted by Gasteiger charge is 2.14. The molecule has 0 spiro atoms. The quantitative estimate of drug-likeness (QED) is 0.117. The summed E-state index contributed by atoms with van der Waals surface area (Å²) in [6, 6.07) is 27.2. The van der Waals surface area contributed by atoms with Crippen LogP contribution in [0, 0.1) is 13.8 Å². The largest absolute Gasteiger partial charge is 0.486 e. The number of furan rings is 1. The second-order valence-electron chi connectivity index (χ2n) is 9.72. The number of nitrogens with one attached hydrogen (secondary N) is 2. The van der Waals surface area contributed by atoms with E-state index in [1.54, 1.807) is 30.3 Å². The van der Waals surface area contributed by atoms with E-state index in [1.807, 2.05) is 42.5 Å². The van der Waals surface area contributed by atoms with Gasteiger partial charge in [0.05, 0.1) is 16.3 Å². The van der Waals surface area contributed by atoms with Crippen LogP contribution in [0.1, 0.15) is 33.3 Å². The summed E-state index contributed by atoms with van der Waals surface area (Å²) in [5, 5.41) is 7.03. The number of aryl methyl sites for hydroxylation is 2. The van der Waals surface area contributed by atoms with Crippen LogP contribution in [0.15, 0.2) is 101 Å². The van der Waals surface area contributed by atoms with E-state index >= 15 is 0 Å². The minimum Gasteiger partial charge on any atom is -0.486 e. The Kier molecular flexibility index (Phi) is 9.69. The second kappa shape index (κ2) is 14.0. The molecule has 44 heavy (non-hydrogen) atoms. The zero-order valence-corrected chi connectivity index (χ0v) is 25.4. The van der Waals surface area contributed by atoms with Crippen LogP contribution in [0.5, 0.6) is 11.5 Å². The van der Waals surface area contributed by atoms with Crippen LogP contribution in [0.2, 0.25) is 10.0 Å². The summed E-state index contributed by atoms with van der Waals surface area (Å²) >= 11 is 12.6. The summed E-state index contributed by atoms with van der Waals surface area (Å²) in [6.07, 6.45) is 1.37. The van der Waals surface area contributed by atoms with Crippen molar-refractivity contribution in [2.75, 3.05) is 11.9 Å². The van der Waals surface area contributed by atoms with E-state index in [1.165, 1.54) is 12.3 Å². The summed E-state index contributed by atoms with van der Waals surface area (Å²) in [6.45, 7) is 3.99. The fourth-order valence-electron chi connectivity index (χ4n) is 4.37. The molecular formula is C33H28Cl2N4O5. The van der Waals surface area contributed by atoms with Gasteiger partial charge in [-0.15, -0.1) is 0 Å². The number of carbonyl (C=O) groups is 2. The van der Waals surface area contributed by atoms with Gasteiger partial charge >= 0.3 is 5.91 Å². The van der Waals surface area contributed by atoms with E-state index in [9.17, 15) is 9.59 Å². The molecule has 2 amide bonds. The van der Waals surface area contributed by atoms with Crippen molar-refractivity contribution in [2.24, 2.45) is 5.10 Å². The van der Waals surface area contributed by atoms with Crippen molar-refractivity contribution in [2.45, 2.75) is 20.5 Å². The Morgan fingerprint density at radius 1 is 0.886 bits per heavy atom. The SMILES string of the molecule is Cc1ccc(C)n1-c1ccc(OCc2ccc(C(=O)N/N=C/c3cc(Cl)c(OCC(=O)Nc4ccccc4)c(Cl)c3)o2)cc1. The number of anilines is 1. The minimum absolute atomic E-state index is 0.0725. The molecule has 224 valence electrons. The number of para-hydroxylation sites is 1. The molecule has 2 aromatic heterocycles. The Morgan fingerprint density at radius 2 is 1.57 bits per heavy atom. The van der Waals surface area contributed by atoms with Crippen LogP contribution in [0.25, 0.3) is 5.69 Å². The predicted octanol–water partition coefficient (Wildman–Crippen LogP) is 7.35. The van der Waals surface area contributed by atoms with Gasteiger partial charge in [0.15, 0.2) is 18.1 Å². The third-order valence-electron chi connectivity index (χ3n) is 6.44. The zero-order chi connectivity index (χ0) is 31.1. The molecule has 3 aromatic carbocycles. The van der Waals surface area contributed by atoms with Gasteiger partial charge in [-0.1, -0.05) is 41.4 Å². The molecule has 5 rings (SSSR count). The van der Waals surface area contributed by atoms with E-state index in [4.69, 9.17) is 37.1 Å². The van der Waals surface area contributed by atoms with E-state index in [-0.39, 0.29) is 40.7 Å². The maximum absolute atomic E-state index is 12.5. The number of hydrogen-bond donors (Lipinski definition) is 2. The molecule has 0 saturated heterocycles. The monoisotopic (exact) mass is 630 g/mol. The molecule has 0 fully saturated rings. The Balaban J connectivity index is 1.10. The van der Waals surface area contributed by atoms with Crippen LogP contribution in [-0.4, -0.2) is 29.2 Å². The number of aromatic nitrogens is 1. The molecule has 0 aliphatic carbocycles. The maximum Gasteiger partial charge on any atom is 0.307 e. The second-order valence-corrected chi connectivity index (χ2v) is 10.5. The third-order valence-corrected chi connectivity index (χ3v) is 7.00. The van der Waals surface area contributed by atoms with E-state index in [0.29, 0.717) is 22.8 Å². The van der Waals surface area contributed by atoms with Crippen molar-refractivity contribution >= 4 is 46.9 Å². The van der Waals surface area contributed by atoms with Crippen molar-refractivity contribution in [3.8, 4) is 17.2 Å². The van der Waals surface area contributed by atoms with Crippen molar-refractivity contribution in [3.63, 3.8) is 0 Å². The Labute approximate surface area is 264 Å². The number of rotatable bonds is 11. The summed E-state index contributed by atoms with van der Waals surface area (Å²) < 4.78 is 19.1.